The van der Waals surface area contributed by atoms with Crippen molar-refractivity contribution in [3.05, 3.63) is 64.1 Å². The molecule has 28 heavy (non-hydrogen) atoms. The number of benzene rings is 1. The molecule has 1 atom stereocenters. The summed E-state index contributed by atoms with van der Waals surface area (Å²) < 4.78 is 40.1. The van der Waals surface area contributed by atoms with Crippen molar-refractivity contribution in [1.82, 2.24) is 14.6 Å². The fourth-order valence-electron chi connectivity index (χ4n) is 3.30. The van der Waals surface area contributed by atoms with Gasteiger partial charge in [-0.1, -0.05) is 18.2 Å². The van der Waals surface area contributed by atoms with Crippen LogP contribution in [0, 0.1) is 13.8 Å². The Bertz CT molecular complexity index is 1050. The number of fused-ring (bicyclic) bond motifs is 1. The normalized spacial score (nSPS) is 13.1. The Kier molecular flexibility index (Phi) is 5.34. The van der Waals surface area contributed by atoms with Gasteiger partial charge in [0.1, 0.15) is 0 Å². The number of hydrogen-bond acceptors (Lipinski definition) is 3. The van der Waals surface area contributed by atoms with Gasteiger partial charge in [0, 0.05) is 18.0 Å². The van der Waals surface area contributed by atoms with E-state index in [-0.39, 0.29) is 17.9 Å². The van der Waals surface area contributed by atoms with Crippen LogP contribution in [0.5, 0.6) is 0 Å². The molecule has 0 saturated heterocycles. The Balaban J connectivity index is 2.17. The third-order valence-electron chi connectivity index (χ3n) is 4.79. The lowest BCUT2D eigenvalue weighted by molar-refractivity contribution is -0.145. The number of carboxylic acids is 1. The summed E-state index contributed by atoms with van der Waals surface area (Å²) in [6.07, 6.45) is -3.63. The van der Waals surface area contributed by atoms with Crippen molar-refractivity contribution in [3.8, 4) is 0 Å². The van der Waals surface area contributed by atoms with Crippen molar-refractivity contribution < 1.29 is 23.1 Å². The molecule has 0 radical (unpaired) electrons. The molecule has 3 rings (SSSR count). The number of carboxylic acid groups (broad SMARTS) is 1. The smallest absolute Gasteiger partial charge is 0.452 e. The van der Waals surface area contributed by atoms with E-state index in [2.05, 4.69) is 10.2 Å². The number of pyridine rings is 1. The van der Waals surface area contributed by atoms with Gasteiger partial charge in [-0.25, -0.2) is 0 Å². The number of carbonyl (C=O) groups is 1. The average molecular weight is 412 g/mol. The molecule has 0 aliphatic heterocycles. The van der Waals surface area contributed by atoms with E-state index in [1.165, 1.54) is 12.3 Å². The van der Waals surface area contributed by atoms with Crippen LogP contribution >= 0.6 is 11.6 Å². The van der Waals surface area contributed by atoms with Gasteiger partial charge in [-0.3, -0.25) is 9.20 Å². The molecule has 0 saturated carbocycles. The highest BCUT2D eigenvalue weighted by Gasteiger charge is 2.37. The third-order valence-corrected chi connectivity index (χ3v) is 5.08. The summed E-state index contributed by atoms with van der Waals surface area (Å²) in [5.41, 5.74) is 3.66. The van der Waals surface area contributed by atoms with E-state index in [0.29, 0.717) is 11.1 Å². The molecule has 148 valence electrons. The van der Waals surface area contributed by atoms with Crippen LogP contribution in [0.2, 0.25) is 0 Å². The summed E-state index contributed by atoms with van der Waals surface area (Å²) in [5, 5.41) is 16.3. The van der Waals surface area contributed by atoms with E-state index >= 15 is 0 Å². The summed E-state index contributed by atoms with van der Waals surface area (Å²) in [6, 6.07) is 7.00. The van der Waals surface area contributed by atoms with Crippen LogP contribution in [0.15, 0.2) is 30.5 Å². The minimum Gasteiger partial charge on any atom is -0.481 e. The Morgan fingerprint density at radius 1 is 1.25 bits per heavy atom. The van der Waals surface area contributed by atoms with Crippen molar-refractivity contribution in [2.24, 2.45) is 0 Å². The van der Waals surface area contributed by atoms with Gasteiger partial charge in [0.25, 0.3) is 0 Å². The van der Waals surface area contributed by atoms with Gasteiger partial charge in [0.2, 0.25) is 5.82 Å². The molecule has 0 unspecified atom stereocenters. The predicted molar refractivity (Wildman–Crippen MR) is 97.6 cm³/mol. The van der Waals surface area contributed by atoms with Crippen molar-refractivity contribution in [1.29, 1.82) is 0 Å². The number of hydrogen-bond donors (Lipinski definition) is 1. The second kappa shape index (κ2) is 7.43. The molecule has 1 N–H and O–H groups in total. The number of aromatic nitrogens is 3. The molecule has 0 aliphatic carbocycles. The van der Waals surface area contributed by atoms with Gasteiger partial charge in [-0.05, 0) is 47.7 Å². The second-order valence-corrected chi connectivity index (χ2v) is 6.85. The van der Waals surface area contributed by atoms with E-state index in [9.17, 15) is 23.1 Å². The molecule has 0 aliphatic rings. The Hall–Kier alpha value is -2.61. The van der Waals surface area contributed by atoms with Gasteiger partial charge >= 0.3 is 12.1 Å². The predicted octanol–water partition coefficient (Wildman–Crippen LogP) is 4.71. The zero-order chi connectivity index (χ0) is 20.6. The van der Waals surface area contributed by atoms with Crippen LogP contribution in [0.4, 0.5) is 13.2 Å². The highest BCUT2D eigenvalue weighted by atomic mass is 35.5. The second-order valence-electron chi connectivity index (χ2n) is 6.58. The van der Waals surface area contributed by atoms with Crippen molar-refractivity contribution >= 4 is 23.2 Å². The number of rotatable bonds is 5. The third kappa shape index (κ3) is 3.69. The first kappa shape index (κ1) is 20.1. The topological polar surface area (TPSA) is 67.5 Å². The lowest BCUT2D eigenvalue weighted by atomic mass is 9.85. The summed E-state index contributed by atoms with van der Waals surface area (Å²) in [5.74, 6) is -2.42. The molecule has 3 aromatic rings. The standard InChI is InChI=1S/C19H17ClF3N3O2/c1-10-3-4-12(7-13(10)9-20)15(8-16(27)28)14-5-6-26-17(11(14)2)24-25-18(26)19(21,22)23/h3-7,15H,8-9H2,1-2H3,(H,27,28)/t15-/m0/s1. The summed E-state index contributed by atoms with van der Waals surface area (Å²) in [6.45, 7) is 3.52. The zero-order valence-corrected chi connectivity index (χ0v) is 15.8. The molecule has 1 aromatic carbocycles. The quantitative estimate of drug-likeness (QED) is 0.617. The van der Waals surface area contributed by atoms with Crippen molar-refractivity contribution in [2.75, 3.05) is 0 Å². The fraction of sp³-hybridized carbons (Fsp3) is 0.316. The molecule has 5 nitrogen and oxygen atoms in total. The maximum absolute atomic E-state index is 13.1. The molecule has 0 bridgehead atoms. The van der Waals surface area contributed by atoms with E-state index in [0.717, 1.165) is 21.1 Å². The Morgan fingerprint density at radius 3 is 2.57 bits per heavy atom. The van der Waals surface area contributed by atoms with Gasteiger partial charge in [0.15, 0.2) is 5.65 Å². The molecule has 0 spiro atoms. The van der Waals surface area contributed by atoms with Crippen molar-refractivity contribution in [3.63, 3.8) is 0 Å². The highest BCUT2D eigenvalue weighted by molar-refractivity contribution is 6.17. The van der Waals surface area contributed by atoms with E-state index in [1.807, 2.05) is 25.1 Å². The lowest BCUT2D eigenvalue weighted by Gasteiger charge is -2.20. The summed E-state index contributed by atoms with van der Waals surface area (Å²) in [4.78, 5) is 11.5. The van der Waals surface area contributed by atoms with Crippen LogP contribution in [0.3, 0.4) is 0 Å². The van der Waals surface area contributed by atoms with Crippen LogP contribution in [-0.4, -0.2) is 25.7 Å². The van der Waals surface area contributed by atoms with Crippen LogP contribution in [0.25, 0.3) is 5.65 Å². The fourth-order valence-corrected chi connectivity index (χ4v) is 3.59. The number of aryl methyl sites for hydroxylation is 2. The molecular formula is C19H17ClF3N3O2. The van der Waals surface area contributed by atoms with E-state index < -0.39 is 23.9 Å². The monoisotopic (exact) mass is 411 g/mol. The molecule has 2 aromatic heterocycles. The first-order chi connectivity index (χ1) is 13.1. The minimum atomic E-state index is -4.64. The first-order valence-electron chi connectivity index (χ1n) is 8.42. The molecule has 2 heterocycles. The SMILES string of the molecule is Cc1ccc([C@H](CC(=O)O)c2ccn3c(C(F)(F)F)nnc3c2C)cc1CCl. The Morgan fingerprint density at radius 2 is 1.96 bits per heavy atom. The summed E-state index contributed by atoms with van der Waals surface area (Å²) in [7, 11) is 0. The molecular weight excluding hydrogens is 395 g/mol. The minimum absolute atomic E-state index is 0.0462. The van der Waals surface area contributed by atoms with Gasteiger partial charge in [-0.2, -0.15) is 13.2 Å². The van der Waals surface area contributed by atoms with Crippen LogP contribution in [-0.2, 0) is 16.9 Å². The molecule has 9 heteroatoms. The summed E-state index contributed by atoms with van der Waals surface area (Å²) >= 11 is 5.97. The average Bonchev–Trinajstić information content (AvgIpc) is 3.06. The van der Waals surface area contributed by atoms with Crippen LogP contribution in [0.1, 0.15) is 46.0 Å². The zero-order valence-electron chi connectivity index (χ0n) is 15.1. The maximum Gasteiger partial charge on any atom is 0.452 e. The van der Waals surface area contributed by atoms with Gasteiger partial charge in [0.05, 0.1) is 6.42 Å². The number of alkyl halides is 4. The molecule has 0 amide bonds. The highest BCUT2D eigenvalue weighted by Crippen LogP contribution is 2.35. The van der Waals surface area contributed by atoms with Gasteiger partial charge < -0.3 is 5.11 Å². The maximum atomic E-state index is 13.1. The van der Waals surface area contributed by atoms with E-state index in [1.54, 1.807) is 6.92 Å². The number of nitrogens with zero attached hydrogens (tertiary/aromatic N) is 3. The van der Waals surface area contributed by atoms with Gasteiger partial charge in [-0.15, -0.1) is 21.8 Å². The van der Waals surface area contributed by atoms with Crippen LogP contribution < -0.4 is 0 Å². The largest absolute Gasteiger partial charge is 0.481 e. The lowest BCUT2D eigenvalue weighted by Crippen LogP contribution is -2.13. The van der Waals surface area contributed by atoms with E-state index in [4.69, 9.17) is 11.6 Å². The number of aliphatic carboxylic acids is 1. The number of halogens is 4. The molecule has 0 fully saturated rings. The Labute approximate surface area is 163 Å². The first-order valence-corrected chi connectivity index (χ1v) is 8.95. The van der Waals surface area contributed by atoms with Crippen molar-refractivity contribution in [2.45, 2.75) is 38.2 Å².